The van der Waals surface area contributed by atoms with E-state index in [1.165, 1.54) is 7.11 Å². The first-order valence-corrected chi connectivity index (χ1v) is 12.4. The molecule has 0 bridgehead atoms. The van der Waals surface area contributed by atoms with Gasteiger partial charge < -0.3 is 4.74 Å². The molecule has 0 saturated carbocycles. The van der Waals surface area contributed by atoms with E-state index in [1.807, 2.05) is 0 Å². The summed E-state index contributed by atoms with van der Waals surface area (Å²) in [4.78, 5) is 42.1. The molecular formula is C26H18Cl4N2O4. The number of hydrogen-bond donors (Lipinski definition) is 1. The average Bonchev–Trinajstić information content (AvgIpc) is 3.35. The number of methoxy groups -OCH3 is 1. The largest absolute Gasteiger partial charge is 0.468 e. The van der Waals surface area contributed by atoms with Gasteiger partial charge in [-0.05, 0) is 47.5 Å². The van der Waals surface area contributed by atoms with E-state index in [1.54, 1.807) is 66.7 Å². The van der Waals surface area contributed by atoms with Crippen LogP contribution in [-0.2, 0) is 24.7 Å². The van der Waals surface area contributed by atoms with Crippen molar-refractivity contribution >= 4 is 69.9 Å². The van der Waals surface area contributed by atoms with Gasteiger partial charge in [0.15, 0.2) is 0 Å². The van der Waals surface area contributed by atoms with E-state index in [0.717, 1.165) is 4.90 Å². The average molecular weight is 564 g/mol. The molecule has 0 spiro atoms. The molecule has 0 unspecified atom stereocenters. The molecule has 36 heavy (non-hydrogen) atoms. The van der Waals surface area contributed by atoms with Crippen LogP contribution >= 0.6 is 46.4 Å². The molecule has 3 atom stereocenters. The van der Waals surface area contributed by atoms with Crippen molar-refractivity contribution < 1.29 is 19.1 Å². The zero-order valence-corrected chi connectivity index (χ0v) is 21.7. The molecule has 0 radical (unpaired) electrons. The quantitative estimate of drug-likeness (QED) is 0.335. The van der Waals surface area contributed by atoms with Crippen LogP contribution in [0.1, 0.15) is 11.1 Å². The third kappa shape index (κ3) is 3.71. The summed E-state index contributed by atoms with van der Waals surface area (Å²) in [6.07, 6.45) is 0. The van der Waals surface area contributed by atoms with Crippen molar-refractivity contribution in [2.24, 2.45) is 11.8 Å². The summed E-state index contributed by atoms with van der Waals surface area (Å²) in [5.41, 5.74) is 0.0382. The SMILES string of the molecule is COC(=O)[C@@H]1NC(c2ccc(Cl)cc2)(c2ccc(Cl)cc2)[C@H]2C(=O)N(c3c(Cl)cccc3Cl)C(=O)[C@@H]12. The van der Waals surface area contributed by atoms with Gasteiger partial charge in [-0.1, -0.05) is 76.7 Å². The number of anilines is 1. The molecule has 0 aromatic heterocycles. The number of nitrogens with one attached hydrogen (secondary N) is 1. The Labute approximate surface area is 227 Å². The van der Waals surface area contributed by atoms with Gasteiger partial charge in [0.05, 0.1) is 40.2 Å². The number of nitrogens with zero attached hydrogens (tertiary/aromatic N) is 1. The number of fused-ring (bicyclic) bond motifs is 1. The highest BCUT2D eigenvalue weighted by molar-refractivity contribution is 6.42. The van der Waals surface area contributed by atoms with E-state index in [0.29, 0.717) is 21.2 Å². The maximum Gasteiger partial charge on any atom is 0.323 e. The topological polar surface area (TPSA) is 75.7 Å². The molecule has 3 aromatic rings. The zero-order valence-electron chi connectivity index (χ0n) is 18.7. The lowest BCUT2D eigenvalue weighted by atomic mass is 9.72. The summed E-state index contributed by atoms with van der Waals surface area (Å²) in [6, 6.07) is 17.3. The smallest absolute Gasteiger partial charge is 0.323 e. The van der Waals surface area contributed by atoms with Crippen molar-refractivity contribution in [2.45, 2.75) is 11.6 Å². The van der Waals surface area contributed by atoms with Crippen molar-refractivity contribution in [3.8, 4) is 0 Å². The fourth-order valence-corrected chi connectivity index (χ4v) is 6.10. The maximum absolute atomic E-state index is 14.2. The van der Waals surface area contributed by atoms with Crippen LogP contribution in [-0.4, -0.2) is 30.9 Å². The number of carbonyl (C=O) groups is 3. The van der Waals surface area contributed by atoms with Gasteiger partial charge in [0, 0.05) is 10.0 Å². The second-order valence-corrected chi connectivity index (χ2v) is 10.2. The van der Waals surface area contributed by atoms with Crippen molar-refractivity contribution in [1.29, 1.82) is 0 Å². The molecule has 2 aliphatic rings. The third-order valence-corrected chi connectivity index (χ3v) is 7.89. The zero-order chi connectivity index (χ0) is 25.8. The van der Waals surface area contributed by atoms with Crippen LogP contribution < -0.4 is 10.2 Å². The summed E-state index contributed by atoms with van der Waals surface area (Å²) < 4.78 is 5.04. The number of hydrogen-bond acceptors (Lipinski definition) is 5. The van der Waals surface area contributed by atoms with E-state index in [4.69, 9.17) is 51.1 Å². The van der Waals surface area contributed by atoms with Gasteiger partial charge in [0.25, 0.3) is 0 Å². The summed E-state index contributed by atoms with van der Waals surface area (Å²) in [5, 5.41) is 4.54. The minimum absolute atomic E-state index is 0.0787. The molecule has 184 valence electrons. The van der Waals surface area contributed by atoms with Crippen LogP contribution in [0.4, 0.5) is 5.69 Å². The van der Waals surface area contributed by atoms with Gasteiger partial charge in [0.1, 0.15) is 6.04 Å². The number of imide groups is 1. The molecule has 6 nitrogen and oxygen atoms in total. The van der Waals surface area contributed by atoms with Crippen molar-refractivity contribution in [3.05, 3.63) is 97.9 Å². The summed E-state index contributed by atoms with van der Waals surface area (Å²) in [5.74, 6) is -3.97. The van der Waals surface area contributed by atoms with Gasteiger partial charge in [-0.25, -0.2) is 4.90 Å². The second kappa shape index (κ2) is 9.36. The maximum atomic E-state index is 14.2. The summed E-state index contributed by atoms with van der Waals surface area (Å²) in [7, 11) is 1.23. The lowest BCUT2D eigenvalue weighted by Gasteiger charge is -2.36. The number of para-hydroxylation sites is 1. The highest BCUT2D eigenvalue weighted by Crippen LogP contribution is 2.53. The first-order chi connectivity index (χ1) is 17.2. The minimum atomic E-state index is -1.30. The Morgan fingerprint density at radius 1 is 0.833 bits per heavy atom. The Morgan fingerprint density at radius 3 is 1.81 bits per heavy atom. The molecule has 2 aliphatic heterocycles. The van der Waals surface area contributed by atoms with Crippen molar-refractivity contribution in [2.75, 3.05) is 12.0 Å². The van der Waals surface area contributed by atoms with Gasteiger partial charge in [-0.15, -0.1) is 0 Å². The number of ether oxygens (including phenoxy) is 1. The molecule has 10 heteroatoms. The summed E-state index contributed by atoms with van der Waals surface area (Å²) in [6.45, 7) is 0. The molecule has 0 aliphatic carbocycles. The lowest BCUT2D eigenvalue weighted by Crippen LogP contribution is -2.52. The molecule has 2 saturated heterocycles. The van der Waals surface area contributed by atoms with Gasteiger partial charge in [-0.2, -0.15) is 0 Å². The predicted octanol–water partition coefficient (Wildman–Crippen LogP) is 5.49. The van der Waals surface area contributed by atoms with Crippen molar-refractivity contribution in [3.63, 3.8) is 0 Å². The number of esters is 1. The minimum Gasteiger partial charge on any atom is -0.468 e. The van der Waals surface area contributed by atoms with Crippen LogP contribution in [0.15, 0.2) is 66.7 Å². The first-order valence-electron chi connectivity index (χ1n) is 10.9. The van der Waals surface area contributed by atoms with Gasteiger partial charge in [0.2, 0.25) is 11.8 Å². The number of halogens is 4. The van der Waals surface area contributed by atoms with Crippen LogP contribution in [0.2, 0.25) is 20.1 Å². The third-order valence-electron chi connectivity index (χ3n) is 6.78. The van der Waals surface area contributed by atoms with Crippen molar-refractivity contribution in [1.82, 2.24) is 5.32 Å². The van der Waals surface area contributed by atoms with Crippen LogP contribution in [0.25, 0.3) is 0 Å². The predicted molar refractivity (Wildman–Crippen MR) is 139 cm³/mol. The first kappa shape index (κ1) is 25.1. The second-order valence-electron chi connectivity index (χ2n) is 8.55. The Balaban J connectivity index is 1.79. The monoisotopic (exact) mass is 562 g/mol. The Morgan fingerprint density at radius 2 is 1.33 bits per heavy atom. The number of carbonyl (C=O) groups excluding carboxylic acids is 3. The number of amides is 2. The fourth-order valence-electron chi connectivity index (χ4n) is 5.28. The van der Waals surface area contributed by atoms with E-state index < -0.39 is 41.2 Å². The summed E-state index contributed by atoms with van der Waals surface area (Å²) >= 11 is 25.1. The van der Waals surface area contributed by atoms with E-state index in [2.05, 4.69) is 5.32 Å². The number of benzene rings is 3. The molecule has 1 N–H and O–H groups in total. The van der Waals surface area contributed by atoms with Gasteiger partial charge in [-0.3, -0.25) is 19.7 Å². The van der Waals surface area contributed by atoms with Crippen LogP contribution in [0.5, 0.6) is 0 Å². The Bertz CT molecular complexity index is 1310. The fraction of sp³-hybridized carbons (Fsp3) is 0.192. The number of rotatable bonds is 4. The van der Waals surface area contributed by atoms with E-state index in [-0.39, 0.29) is 15.7 Å². The Hall–Kier alpha value is -2.61. The highest BCUT2D eigenvalue weighted by Gasteiger charge is 2.68. The standard InChI is InChI=1S/C26H18Cl4N2O4/c1-36-25(35)21-19-20(24(34)32(23(19)33)22-17(29)3-2-4-18(22)30)26(31-21,13-5-9-15(27)10-6-13)14-7-11-16(28)12-8-14/h2-12,19-21,31H,1H3/t19-,20-,21-/m1/s1. The van der Waals surface area contributed by atoms with E-state index in [9.17, 15) is 14.4 Å². The molecule has 3 aromatic carbocycles. The molecule has 2 amide bonds. The van der Waals surface area contributed by atoms with Crippen LogP contribution in [0.3, 0.4) is 0 Å². The normalized spacial score (nSPS) is 22.6. The molecular weight excluding hydrogens is 546 g/mol. The van der Waals surface area contributed by atoms with Crippen LogP contribution in [0, 0.1) is 11.8 Å². The Kier molecular flexibility index (Phi) is 6.52. The molecule has 5 rings (SSSR count). The lowest BCUT2D eigenvalue weighted by molar-refractivity contribution is -0.145. The molecule has 2 fully saturated rings. The van der Waals surface area contributed by atoms with Gasteiger partial charge >= 0.3 is 5.97 Å². The van der Waals surface area contributed by atoms with E-state index >= 15 is 0 Å². The molecule has 2 heterocycles. The highest BCUT2D eigenvalue weighted by atomic mass is 35.5.